The molecular weight excluding hydrogens is 207 g/mol. The van der Waals surface area contributed by atoms with E-state index in [1.807, 2.05) is 0 Å². The maximum absolute atomic E-state index is 13.1. The molecule has 2 N–H and O–H groups in total. The van der Waals surface area contributed by atoms with Crippen molar-refractivity contribution in [1.29, 1.82) is 0 Å². The maximum atomic E-state index is 13.1. The number of ether oxygens (including phenoxy) is 1. The predicted molar refractivity (Wildman–Crippen MR) is 51.7 cm³/mol. The molecule has 2 rings (SSSR count). The van der Waals surface area contributed by atoms with Crippen molar-refractivity contribution in [3.05, 3.63) is 34.6 Å². The van der Waals surface area contributed by atoms with Crippen molar-refractivity contribution < 1.29 is 9.13 Å². The van der Waals surface area contributed by atoms with Crippen LogP contribution in [0.3, 0.4) is 0 Å². The second kappa shape index (κ2) is 3.46. The Morgan fingerprint density at radius 3 is 2.93 bits per heavy atom. The minimum atomic E-state index is -0.454. The zero-order valence-corrected chi connectivity index (χ0v) is 7.96. The Labute approximate surface area is 85.3 Å². The standard InChI is InChI=1S/C9H8ClFN2O/c10-6-2-1-5(3-7(6)11)8-4-14-9(12)13-8/h1-3,8H,4H2,(H2,12,13)/t8-/m1/s1. The third kappa shape index (κ3) is 1.65. The Morgan fingerprint density at radius 2 is 2.36 bits per heavy atom. The van der Waals surface area contributed by atoms with Crippen molar-refractivity contribution in [2.75, 3.05) is 6.61 Å². The molecule has 1 aliphatic heterocycles. The van der Waals surface area contributed by atoms with E-state index in [1.165, 1.54) is 12.1 Å². The molecule has 3 nitrogen and oxygen atoms in total. The van der Waals surface area contributed by atoms with Gasteiger partial charge in [0.05, 0.1) is 5.02 Å². The highest BCUT2D eigenvalue weighted by Crippen LogP contribution is 2.25. The van der Waals surface area contributed by atoms with Crippen LogP contribution in [0.1, 0.15) is 11.6 Å². The quantitative estimate of drug-likeness (QED) is 0.776. The van der Waals surface area contributed by atoms with Gasteiger partial charge in [0.15, 0.2) is 0 Å². The van der Waals surface area contributed by atoms with Crippen LogP contribution in [0.5, 0.6) is 0 Å². The molecule has 0 saturated carbocycles. The Morgan fingerprint density at radius 1 is 1.57 bits per heavy atom. The maximum Gasteiger partial charge on any atom is 0.282 e. The zero-order valence-electron chi connectivity index (χ0n) is 7.21. The second-order valence-electron chi connectivity index (χ2n) is 2.97. The molecule has 1 aliphatic rings. The van der Waals surface area contributed by atoms with Gasteiger partial charge in [-0.3, -0.25) is 0 Å². The number of rotatable bonds is 1. The summed E-state index contributed by atoms with van der Waals surface area (Å²) in [5, 5.41) is 0.101. The van der Waals surface area contributed by atoms with Gasteiger partial charge in [0.1, 0.15) is 18.5 Å². The third-order valence-corrected chi connectivity index (χ3v) is 2.31. The first kappa shape index (κ1) is 9.27. The Balaban J connectivity index is 2.29. The van der Waals surface area contributed by atoms with E-state index in [2.05, 4.69) is 4.99 Å². The van der Waals surface area contributed by atoms with E-state index >= 15 is 0 Å². The van der Waals surface area contributed by atoms with Gasteiger partial charge in [-0.2, -0.15) is 0 Å². The van der Waals surface area contributed by atoms with Crippen LogP contribution in [-0.2, 0) is 4.74 Å². The summed E-state index contributed by atoms with van der Waals surface area (Å²) in [7, 11) is 0. The molecule has 0 fully saturated rings. The molecule has 5 heteroatoms. The number of hydrogen-bond acceptors (Lipinski definition) is 3. The average Bonchev–Trinajstić information content (AvgIpc) is 2.57. The van der Waals surface area contributed by atoms with E-state index in [1.54, 1.807) is 6.07 Å². The van der Waals surface area contributed by atoms with Crippen LogP contribution in [0, 0.1) is 5.82 Å². The van der Waals surface area contributed by atoms with Gasteiger partial charge in [0.2, 0.25) is 0 Å². The van der Waals surface area contributed by atoms with Crippen molar-refractivity contribution in [2.24, 2.45) is 10.7 Å². The molecule has 0 amide bonds. The van der Waals surface area contributed by atoms with Gasteiger partial charge in [0, 0.05) is 0 Å². The van der Waals surface area contributed by atoms with Crippen LogP contribution in [0.4, 0.5) is 4.39 Å². The minimum Gasteiger partial charge on any atom is -0.463 e. The first-order chi connectivity index (χ1) is 6.66. The average molecular weight is 215 g/mol. The van der Waals surface area contributed by atoms with E-state index in [0.29, 0.717) is 12.2 Å². The lowest BCUT2D eigenvalue weighted by Gasteiger charge is -2.05. The van der Waals surface area contributed by atoms with Crippen molar-refractivity contribution in [3.63, 3.8) is 0 Å². The first-order valence-corrected chi connectivity index (χ1v) is 4.45. The van der Waals surface area contributed by atoms with Gasteiger partial charge in [-0.05, 0) is 17.7 Å². The van der Waals surface area contributed by atoms with E-state index in [4.69, 9.17) is 22.1 Å². The van der Waals surface area contributed by atoms with Gasteiger partial charge in [-0.15, -0.1) is 0 Å². The first-order valence-electron chi connectivity index (χ1n) is 4.08. The van der Waals surface area contributed by atoms with Crippen LogP contribution in [-0.4, -0.2) is 12.6 Å². The second-order valence-corrected chi connectivity index (χ2v) is 3.37. The number of nitrogens with two attached hydrogens (primary N) is 1. The van der Waals surface area contributed by atoms with Crippen LogP contribution in [0.2, 0.25) is 5.02 Å². The molecule has 1 aromatic carbocycles. The Bertz CT molecular complexity index is 394. The van der Waals surface area contributed by atoms with Crippen molar-refractivity contribution in [1.82, 2.24) is 0 Å². The number of aliphatic imine (C=N–C) groups is 1. The lowest BCUT2D eigenvalue weighted by molar-refractivity contribution is 0.315. The molecular formula is C9H8ClFN2O. The normalized spacial score (nSPS) is 20.4. The molecule has 0 aliphatic carbocycles. The fourth-order valence-electron chi connectivity index (χ4n) is 1.28. The number of benzene rings is 1. The summed E-state index contributed by atoms with van der Waals surface area (Å²) in [6.45, 7) is 0.354. The molecule has 74 valence electrons. The molecule has 0 bridgehead atoms. The lowest BCUT2D eigenvalue weighted by Crippen LogP contribution is -2.10. The van der Waals surface area contributed by atoms with Crippen molar-refractivity contribution in [3.8, 4) is 0 Å². The SMILES string of the molecule is NC1=N[C@@H](c2ccc(Cl)c(F)c2)CO1. The number of halogens is 2. The summed E-state index contributed by atoms with van der Waals surface area (Å²) >= 11 is 5.55. The highest BCUT2D eigenvalue weighted by Gasteiger charge is 2.19. The fourth-order valence-corrected chi connectivity index (χ4v) is 1.40. The molecule has 0 spiro atoms. The third-order valence-electron chi connectivity index (χ3n) is 2.00. The minimum absolute atomic E-state index is 0.101. The molecule has 0 unspecified atom stereocenters. The molecule has 1 aromatic rings. The Hall–Kier alpha value is -1.29. The topological polar surface area (TPSA) is 47.6 Å². The largest absolute Gasteiger partial charge is 0.463 e. The fraction of sp³-hybridized carbons (Fsp3) is 0.222. The van der Waals surface area contributed by atoms with E-state index in [9.17, 15) is 4.39 Å². The van der Waals surface area contributed by atoms with Gasteiger partial charge in [0.25, 0.3) is 6.02 Å². The molecule has 0 saturated heterocycles. The summed E-state index contributed by atoms with van der Waals surface area (Å²) in [4.78, 5) is 3.99. The summed E-state index contributed by atoms with van der Waals surface area (Å²) in [6, 6.07) is 4.48. The number of hydrogen-bond donors (Lipinski definition) is 1. The van der Waals surface area contributed by atoms with Crippen LogP contribution in [0.15, 0.2) is 23.2 Å². The molecule has 1 heterocycles. The van der Waals surface area contributed by atoms with Gasteiger partial charge in [-0.1, -0.05) is 17.7 Å². The highest BCUT2D eigenvalue weighted by molar-refractivity contribution is 6.30. The smallest absolute Gasteiger partial charge is 0.282 e. The molecule has 0 radical (unpaired) electrons. The number of nitrogens with zero attached hydrogens (tertiary/aromatic N) is 1. The molecule has 0 aromatic heterocycles. The van der Waals surface area contributed by atoms with Gasteiger partial charge < -0.3 is 10.5 Å². The lowest BCUT2D eigenvalue weighted by atomic mass is 10.1. The molecule has 14 heavy (non-hydrogen) atoms. The molecule has 1 atom stereocenters. The van der Waals surface area contributed by atoms with Crippen molar-refractivity contribution >= 4 is 17.6 Å². The highest BCUT2D eigenvalue weighted by atomic mass is 35.5. The summed E-state index contributed by atoms with van der Waals surface area (Å²) in [5.74, 6) is -0.454. The van der Waals surface area contributed by atoms with Crippen molar-refractivity contribution in [2.45, 2.75) is 6.04 Å². The summed E-state index contributed by atoms with van der Waals surface area (Å²) in [5.41, 5.74) is 6.05. The van der Waals surface area contributed by atoms with Crippen LogP contribution < -0.4 is 5.73 Å². The summed E-state index contributed by atoms with van der Waals surface area (Å²) in [6.07, 6.45) is 0. The predicted octanol–water partition coefficient (Wildman–Crippen LogP) is 1.87. The van der Waals surface area contributed by atoms with E-state index in [0.717, 1.165) is 0 Å². The van der Waals surface area contributed by atoms with Crippen LogP contribution >= 0.6 is 11.6 Å². The van der Waals surface area contributed by atoms with Gasteiger partial charge >= 0.3 is 0 Å². The van der Waals surface area contributed by atoms with Gasteiger partial charge in [-0.25, -0.2) is 9.38 Å². The number of amidine groups is 1. The van der Waals surface area contributed by atoms with E-state index < -0.39 is 5.82 Å². The Kier molecular flexibility index (Phi) is 2.29. The van der Waals surface area contributed by atoms with E-state index in [-0.39, 0.29) is 17.1 Å². The zero-order chi connectivity index (χ0) is 10.1. The van der Waals surface area contributed by atoms with Crippen LogP contribution in [0.25, 0.3) is 0 Å². The summed E-state index contributed by atoms with van der Waals surface area (Å²) < 4.78 is 18.0. The monoisotopic (exact) mass is 214 g/mol.